The Balaban J connectivity index is 2.12. The summed E-state index contributed by atoms with van der Waals surface area (Å²) in [5, 5.41) is 68.0. The zero-order chi connectivity index (χ0) is 18.0. The molecule has 2 fully saturated rings. The second-order valence-electron chi connectivity index (χ2n) is 5.74. The van der Waals surface area contributed by atoms with E-state index >= 15 is 0 Å². The number of hydrogen-bond acceptors (Lipinski definition) is 11. The topological polar surface area (TPSA) is 179 Å². The van der Waals surface area contributed by atoms with E-state index in [9.17, 15) is 30.6 Å². The second kappa shape index (κ2) is 8.29. The highest BCUT2D eigenvalue weighted by atomic mass is 16.7. The van der Waals surface area contributed by atoms with Crippen molar-refractivity contribution in [3.8, 4) is 0 Å². The molecule has 11 heteroatoms. The van der Waals surface area contributed by atoms with E-state index in [4.69, 9.17) is 24.1 Å². The van der Waals surface area contributed by atoms with Crippen molar-refractivity contribution >= 4 is 0 Å². The van der Waals surface area contributed by atoms with Crippen LogP contribution in [0.15, 0.2) is 0 Å². The van der Waals surface area contributed by atoms with Gasteiger partial charge in [-0.2, -0.15) is 0 Å². The average Bonchev–Trinajstić information content (AvgIpc) is 2.59. The van der Waals surface area contributed by atoms with Crippen LogP contribution in [-0.4, -0.2) is 117 Å². The SMILES string of the molecule is CO[C@@H]1O[C@H](CO)[C@@H](O[C@@H]2O[C@H](CO)[C@H](O)[C@H](O)[C@@H]2O)[C@@H](O)[C@H]1O. The fraction of sp³-hybridized carbons (Fsp3) is 1.00. The van der Waals surface area contributed by atoms with E-state index in [0.717, 1.165) is 0 Å². The standard InChI is InChI=1S/C13H24O11/c1-21-12-10(20)8(18)11(5(3-15)23-12)24-13-9(19)7(17)6(16)4(2-14)22-13/h4-20H,2-3H2,1H3/t4-,5-,6+,7+,8+,9+,10-,11-,12-,13+/m1/s1. The Morgan fingerprint density at radius 1 is 0.708 bits per heavy atom. The van der Waals surface area contributed by atoms with Gasteiger partial charge >= 0.3 is 0 Å². The van der Waals surface area contributed by atoms with E-state index in [2.05, 4.69) is 0 Å². The highest BCUT2D eigenvalue weighted by Gasteiger charge is 2.50. The van der Waals surface area contributed by atoms with Crippen molar-refractivity contribution in [2.45, 2.75) is 61.4 Å². The monoisotopic (exact) mass is 356 g/mol. The molecular formula is C13H24O11. The van der Waals surface area contributed by atoms with Crippen LogP contribution in [0.3, 0.4) is 0 Å². The lowest BCUT2D eigenvalue weighted by molar-refractivity contribution is -0.357. The Morgan fingerprint density at radius 3 is 1.79 bits per heavy atom. The minimum absolute atomic E-state index is 0.592. The molecule has 0 aromatic carbocycles. The maximum atomic E-state index is 10.2. The van der Waals surface area contributed by atoms with Crippen molar-refractivity contribution in [2.24, 2.45) is 0 Å². The summed E-state index contributed by atoms with van der Waals surface area (Å²) in [5.41, 5.74) is 0. The van der Waals surface area contributed by atoms with Crippen LogP contribution < -0.4 is 0 Å². The van der Waals surface area contributed by atoms with Gasteiger partial charge in [-0.15, -0.1) is 0 Å². The van der Waals surface area contributed by atoms with Crippen LogP contribution in [0.2, 0.25) is 0 Å². The second-order valence-corrected chi connectivity index (χ2v) is 5.74. The third-order valence-corrected chi connectivity index (χ3v) is 4.19. The Labute approximate surface area is 137 Å². The van der Waals surface area contributed by atoms with E-state index in [1.54, 1.807) is 0 Å². The van der Waals surface area contributed by atoms with Gasteiger partial charge in [-0.1, -0.05) is 0 Å². The van der Waals surface area contributed by atoms with Gasteiger partial charge in [-0.3, -0.25) is 0 Å². The van der Waals surface area contributed by atoms with Crippen LogP contribution in [-0.2, 0) is 18.9 Å². The zero-order valence-electron chi connectivity index (χ0n) is 13.0. The molecule has 0 saturated carbocycles. The summed E-state index contributed by atoms with van der Waals surface area (Å²) in [4.78, 5) is 0. The summed E-state index contributed by atoms with van der Waals surface area (Å²) in [5.74, 6) is 0. The highest BCUT2D eigenvalue weighted by molar-refractivity contribution is 4.93. The number of aliphatic hydroxyl groups excluding tert-OH is 7. The molecule has 0 aromatic rings. The van der Waals surface area contributed by atoms with E-state index < -0.39 is 74.6 Å². The third kappa shape index (κ3) is 3.71. The molecule has 7 N–H and O–H groups in total. The largest absolute Gasteiger partial charge is 0.394 e. The first-order valence-corrected chi connectivity index (χ1v) is 7.46. The Bertz CT molecular complexity index is 392. The van der Waals surface area contributed by atoms with Crippen molar-refractivity contribution in [3.63, 3.8) is 0 Å². The Hall–Kier alpha value is -0.440. The first-order chi connectivity index (χ1) is 11.3. The molecule has 0 unspecified atom stereocenters. The van der Waals surface area contributed by atoms with Gasteiger partial charge in [0.05, 0.1) is 13.2 Å². The van der Waals surface area contributed by atoms with Crippen LogP contribution in [0.1, 0.15) is 0 Å². The molecular weight excluding hydrogens is 332 g/mol. The van der Waals surface area contributed by atoms with Crippen LogP contribution in [0.4, 0.5) is 0 Å². The molecule has 24 heavy (non-hydrogen) atoms. The molecule has 142 valence electrons. The molecule has 2 aliphatic rings. The van der Waals surface area contributed by atoms with E-state index in [1.807, 2.05) is 0 Å². The number of aliphatic hydroxyl groups is 7. The summed E-state index contributed by atoms with van der Waals surface area (Å²) in [6.45, 7) is -1.24. The Morgan fingerprint density at radius 2 is 1.25 bits per heavy atom. The number of methoxy groups -OCH3 is 1. The summed E-state index contributed by atoms with van der Waals surface area (Å²) in [6.07, 6.45) is -14.3. The lowest BCUT2D eigenvalue weighted by atomic mass is 9.97. The van der Waals surface area contributed by atoms with Crippen LogP contribution in [0.5, 0.6) is 0 Å². The van der Waals surface area contributed by atoms with Crippen molar-refractivity contribution in [3.05, 3.63) is 0 Å². The van der Waals surface area contributed by atoms with Crippen LogP contribution in [0.25, 0.3) is 0 Å². The van der Waals surface area contributed by atoms with Gasteiger partial charge in [0.1, 0.15) is 48.8 Å². The summed E-state index contributed by atoms with van der Waals surface area (Å²) >= 11 is 0. The molecule has 0 amide bonds. The molecule has 2 saturated heterocycles. The molecule has 10 atom stereocenters. The molecule has 0 bridgehead atoms. The molecule has 0 aliphatic carbocycles. The first kappa shape index (κ1) is 19.9. The lowest BCUT2D eigenvalue weighted by Crippen LogP contribution is -2.64. The van der Waals surface area contributed by atoms with Gasteiger partial charge in [0.2, 0.25) is 0 Å². The van der Waals surface area contributed by atoms with Crippen molar-refractivity contribution in [1.82, 2.24) is 0 Å². The van der Waals surface area contributed by atoms with E-state index in [0.29, 0.717) is 0 Å². The van der Waals surface area contributed by atoms with E-state index in [-0.39, 0.29) is 0 Å². The fourth-order valence-electron chi connectivity index (χ4n) is 2.75. The predicted octanol–water partition coefficient (Wildman–Crippen LogP) is -4.74. The minimum atomic E-state index is -1.69. The Kier molecular flexibility index (Phi) is 6.87. The summed E-state index contributed by atoms with van der Waals surface area (Å²) in [7, 11) is 1.24. The maximum absolute atomic E-state index is 10.2. The van der Waals surface area contributed by atoms with Crippen LogP contribution >= 0.6 is 0 Å². The van der Waals surface area contributed by atoms with E-state index in [1.165, 1.54) is 7.11 Å². The molecule has 2 heterocycles. The van der Waals surface area contributed by atoms with Gasteiger partial charge in [0, 0.05) is 7.11 Å². The molecule has 0 spiro atoms. The van der Waals surface area contributed by atoms with Crippen molar-refractivity contribution in [2.75, 3.05) is 20.3 Å². The molecule has 0 radical (unpaired) electrons. The molecule has 2 aliphatic heterocycles. The van der Waals surface area contributed by atoms with Crippen molar-refractivity contribution < 1.29 is 54.7 Å². The van der Waals surface area contributed by atoms with Gasteiger partial charge in [-0.25, -0.2) is 0 Å². The highest BCUT2D eigenvalue weighted by Crippen LogP contribution is 2.29. The number of hydrogen-bond donors (Lipinski definition) is 7. The fourth-order valence-corrected chi connectivity index (χ4v) is 2.75. The lowest BCUT2D eigenvalue weighted by Gasteiger charge is -2.45. The van der Waals surface area contributed by atoms with Gasteiger partial charge in [-0.05, 0) is 0 Å². The zero-order valence-corrected chi connectivity index (χ0v) is 13.0. The van der Waals surface area contributed by atoms with Crippen molar-refractivity contribution in [1.29, 1.82) is 0 Å². The molecule has 2 rings (SSSR count). The first-order valence-electron chi connectivity index (χ1n) is 7.46. The molecule has 0 aromatic heterocycles. The predicted molar refractivity (Wildman–Crippen MR) is 73.4 cm³/mol. The normalized spacial score (nSPS) is 50.0. The average molecular weight is 356 g/mol. The van der Waals surface area contributed by atoms with Gasteiger partial charge in [0.25, 0.3) is 0 Å². The quantitative estimate of drug-likeness (QED) is 0.251. The smallest absolute Gasteiger partial charge is 0.187 e. The molecule has 11 nitrogen and oxygen atoms in total. The van der Waals surface area contributed by atoms with Gasteiger partial charge < -0.3 is 54.7 Å². The summed E-state index contributed by atoms with van der Waals surface area (Å²) in [6, 6.07) is 0. The third-order valence-electron chi connectivity index (χ3n) is 4.19. The maximum Gasteiger partial charge on any atom is 0.187 e. The summed E-state index contributed by atoms with van der Waals surface area (Å²) < 4.78 is 20.6. The minimum Gasteiger partial charge on any atom is -0.394 e. The van der Waals surface area contributed by atoms with Gasteiger partial charge in [0.15, 0.2) is 12.6 Å². The van der Waals surface area contributed by atoms with Crippen LogP contribution in [0, 0.1) is 0 Å². The number of ether oxygens (including phenoxy) is 4. The number of rotatable bonds is 5.